The Hall–Kier alpha value is -1.58. The third-order valence-electron chi connectivity index (χ3n) is 5.56. The molecule has 0 aliphatic carbocycles. The molecule has 0 aromatic heterocycles. The van der Waals surface area contributed by atoms with E-state index in [9.17, 15) is 9.59 Å². The Balaban J connectivity index is 1.55. The molecule has 2 amide bonds. The molecule has 23 heavy (non-hydrogen) atoms. The van der Waals surface area contributed by atoms with E-state index in [-0.39, 0.29) is 11.8 Å². The summed E-state index contributed by atoms with van der Waals surface area (Å²) >= 11 is 0. The van der Waals surface area contributed by atoms with Crippen molar-refractivity contribution in [3.05, 3.63) is 35.4 Å². The standard InChI is InChI=1S/C19H26BNO2/c1-2-8-15-9-5-6-12-20(15)13-7-14-21-18(22)16-10-3-4-11-17(16)19(21)23/h3-4,10-11,15H,2,5-9,12-14H2,1H3. The minimum Gasteiger partial charge on any atom is -0.274 e. The number of rotatable bonds is 6. The Morgan fingerprint density at radius 3 is 2.48 bits per heavy atom. The molecule has 3 rings (SSSR count). The summed E-state index contributed by atoms with van der Waals surface area (Å²) < 4.78 is 0. The van der Waals surface area contributed by atoms with Crippen molar-refractivity contribution in [2.75, 3.05) is 6.54 Å². The van der Waals surface area contributed by atoms with Gasteiger partial charge in [-0.2, -0.15) is 0 Å². The molecule has 0 radical (unpaired) electrons. The number of amides is 2. The fourth-order valence-corrected chi connectivity index (χ4v) is 4.37. The summed E-state index contributed by atoms with van der Waals surface area (Å²) in [6.45, 7) is 3.63. The molecule has 2 heterocycles. The number of fused-ring (bicyclic) bond motifs is 1. The minimum atomic E-state index is -0.112. The van der Waals surface area contributed by atoms with E-state index < -0.39 is 0 Å². The number of hydrogen-bond acceptors (Lipinski definition) is 2. The van der Waals surface area contributed by atoms with Crippen LogP contribution in [0.1, 0.15) is 66.2 Å². The predicted molar refractivity (Wildman–Crippen MR) is 94.3 cm³/mol. The van der Waals surface area contributed by atoms with Gasteiger partial charge >= 0.3 is 0 Å². The average Bonchev–Trinajstić information content (AvgIpc) is 2.82. The van der Waals surface area contributed by atoms with Crippen LogP contribution in [0, 0.1) is 0 Å². The Morgan fingerprint density at radius 2 is 1.83 bits per heavy atom. The first-order chi connectivity index (χ1) is 11.2. The fraction of sp³-hybridized carbons (Fsp3) is 0.579. The maximum Gasteiger partial charge on any atom is 0.261 e. The molecular weight excluding hydrogens is 285 g/mol. The molecule has 0 spiro atoms. The van der Waals surface area contributed by atoms with Gasteiger partial charge in [0, 0.05) is 6.54 Å². The van der Waals surface area contributed by atoms with Gasteiger partial charge in [-0.1, -0.05) is 69.6 Å². The van der Waals surface area contributed by atoms with E-state index in [4.69, 9.17) is 0 Å². The molecule has 1 fully saturated rings. The summed E-state index contributed by atoms with van der Waals surface area (Å²) in [7, 11) is 0. The highest BCUT2D eigenvalue weighted by atomic mass is 16.2. The lowest BCUT2D eigenvalue weighted by Gasteiger charge is -2.29. The number of nitrogens with zero attached hydrogens (tertiary/aromatic N) is 1. The van der Waals surface area contributed by atoms with E-state index in [1.807, 2.05) is 12.1 Å². The number of carbonyl (C=O) groups is 2. The van der Waals surface area contributed by atoms with E-state index in [0.29, 0.717) is 17.7 Å². The van der Waals surface area contributed by atoms with E-state index >= 15 is 0 Å². The predicted octanol–water partition coefficient (Wildman–Crippen LogP) is 4.52. The highest BCUT2D eigenvalue weighted by Crippen LogP contribution is 2.35. The molecule has 3 nitrogen and oxygen atoms in total. The Labute approximate surface area is 139 Å². The summed E-state index contributed by atoms with van der Waals surface area (Å²) in [4.78, 5) is 26.2. The largest absolute Gasteiger partial charge is 0.274 e. The van der Waals surface area contributed by atoms with Gasteiger partial charge in [-0.05, 0) is 18.6 Å². The van der Waals surface area contributed by atoms with Crippen LogP contribution in [-0.4, -0.2) is 30.0 Å². The monoisotopic (exact) mass is 311 g/mol. The SMILES string of the molecule is CCCC1CCCCB1CCCN1C(=O)c2ccccc2C1=O. The molecule has 1 saturated heterocycles. The van der Waals surface area contributed by atoms with Gasteiger partial charge in [0.25, 0.3) is 11.8 Å². The van der Waals surface area contributed by atoms with Crippen molar-refractivity contribution >= 4 is 18.5 Å². The smallest absolute Gasteiger partial charge is 0.261 e. The lowest BCUT2D eigenvalue weighted by atomic mass is 9.33. The van der Waals surface area contributed by atoms with Gasteiger partial charge in [0.1, 0.15) is 6.71 Å². The maximum atomic E-state index is 12.4. The zero-order chi connectivity index (χ0) is 16.2. The topological polar surface area (TPSA) is 37.4 Å². The van der Waals surface area contributed by atoms with Gasteiger partial charge in [0.2, 0.25) is 0 Å². The van der Waals surface area contributed by atoms with Crippen LogP contribution in [-0.2, 0) is 0 Å². The van der Waals surface area contributed by atoms with Crippen LogP contribution in [0.2, 0.25) is 18.5 Å². The zero-order valence-electron chi connectivity index (χ0n) is 14.1. The van der Waals surface area contributed by atoms with E-state index in [2.05, 4.69) is 6.92 Å². The normalized spacial score (nSPS) is 21.0. The molecule has 1 aromatic carbocycles. The molecule has 1 unspecified atom stereocenters. The second-order valence-electron chi connectivity index (χ2n) is 7.04. The number of benzene rings is 1. The van der Waals surface area contributed by atoms with E-state index in [1.54, 1.807) is 12.1 Å². The van der Waals surface area contributed by atoms with Crippen LogP contribution < -0.4 is 0 Å². The van der Waals surface area contributed by atoms with Gasteiger partial charge in [0.05, 0.1) is 11.1 Å². The summed E-state index contributed by atoms with van der Waals surface area (Å²) in [6, 6.07) is 7.16. The first-order valence-corrected chi connectivity index (χ1v) is 9.17. The highest BCUT2D eigenvalue weighted by Gasteiger charge is 2.35. The summed E-state index contributed by atoms with van der Waals surface area (Å²) in [5.41, 5.74) is 1.14. The second-order valence-corrected chi connectivity index (χ2v) is 7.04. The lowest BCUT2D eigenvalue weighted by Crippen LogP contribution is -2.32. The van der Waals surface area contributed by atoms with Crippen LogP contribution in [0.4, 0.5) is 0 Å². The van der Waals surface area contributed by atoms with Crippen molar-refractivity contribution < 1.29 is 9.59 Å². The van der Waals surface area contributed by atoms with Crippen LogP contribution >= 0.6 is 0 Å². The molecule has 122 valence electrons. The Morgan fingerprint density at radius 1 is 1.13 bits per heavy atom. The lowest BCUT2D eigenvalue weighted by molar-refractivity contribution is 0.0654. The van der Waals surface area contributed by atoms with Gasteiger partial charge in [-0.15, -0.1) is 0 Å². The zero-order valence-corrected chi connectivity index (χ0v) is 14.1. The molecule has 0 bridgehead atoms. The van der Waals surface area contributed by atoms with Crippen molar-refractivity contribution in [1.29, 1.82) is 0 Å². The molecule has 1 aromatic rings. The van der Waals surface area contributed by atoms with Crippen LogP contribution in [0.15, 0.2) is 24.3 Å². The summed E-state index contributed by atoms with van der Waals surface area (Å²) in [5, 5.41) is 0. The summed E-state index contributed by atoms with van der Waals surface area (Å²) in [5.74, 6) is 0.634. The van der Waals surface area contributed by atoms with Crippen molar-refractivity contribution in [2.24, 2.45) is 0 Å². The first-order valence-electron chi connectivity index (χ1n) is 9.17. The summed E-state index contributed by atoms with van der Waals surface area (Å²) in [6.07, 6.45) is 10.1. The van der Waals surface area contributed by atoms with E-state index in [0.717, 1.165) is 25.3 Å². The Bertz CT molecular complexity index is 549. The number of carbonyl (C=O) groups excluding carboxylic acids is 2. The van der Waals surface area contributed by atoms with E-state index in [1.165, 1.54) is 43.3 Å². The molecule has 1 atom stereocenters. The van der Waals surface area contributed by atoms with Gasteiger partial charge in [0.15, 0.2) is 0 Å². The number of hydrogen-bond donors (Lipinski definition) is 0. The highest BCUT2D eigenvalue weighted by molar-refractivity contribution is 6.60. The van der Waals surface area contributed by atoms with Crippen LogP contribution in [0.3, 0.4) is 0 Å². The third-order valence-corrected chi connectivity index (χ3v) is 5.56. The maximum absolute atomic E-state index is 12.4. The Kier molecular flexibility index (Phi) is 5.19. The second kappa shape index (κ2) is 7.33. The third kappa shape index (κ3) is 3.36. The molecule has 2 aliphatic rings. The van der Waals surface area contributed by atoms with Gasteiger partial charge in [-0.3, -0.25) is 14.5 Å². The fourth-order valence-electron chi connectivity index (χ4n) is 4.37. The molecule has 0 saturated carbocycles. The van der Waals surface area contributed by atoms with Gasteiger partial charge < -0.3 is 0 Å². The van der Waals surface area contributed by atoms with Crippen LogP contribution in [0.25, 0.3) is 0 Å². The van der Waals surface area contributed by atoms with Gasteiger partial charge in [-0.25, -0.2) is 0 Å². The van der Waals surface area contributed by atoms with Crippen LogP contribution in [0.5, 0.6) is 0 Å². The molecular formula is C19H26BNO2. The average molecular weight is 311 g/mol. The molecule has 2 aliphatic heterocycles. The van der Waals surface area contributed by atoms with Crippen molar-refractivity contribution in [2.45, 2.75) is 63.9 Å². The first kappa shape index (κ1) is 16.3. The number of imide groups is 1. The molecule has 0 N–H and O–H groups in total. The minimum absolute atomic E-state index is 0.112. The quantitative estimate of drug-likeness (QED) is 0.572. The van der Waals surface area contributed by atoms with Crippen molar-refractivity contribution in [1.82, 2.24) is 4.90 Å². The van der Waals surface area contributed by atoms with Crippen molar-refractivity contribution in [3.63, 3.8) is 0 Å². The molecule has 4 heteroatoms. The van der Waals surface area contributed by atoms with Crippen molar-refractivity contribution in [3.8, 4) is 0 Å².